The molecule has 1 aromatic carbocycles. The zero-order valence-electron chi connectivity index (χ0n) is 12.9. The quantitative estimate of drug-likeness (QED) is 0.757. The lowest BCUT2D eigenvalue weighted by Crippen LogP contribution is -2.43. The molecule has 22 heavy (non-hydrogen) atoms. The molecular formula is C15H21N3O4. The largest absolute Gasteiger partial charge is 0.451 e. The van der Waals surface area contributed by atoms with Crippen LogP contribution >= 0.6 is 0 Å². The van der Waals surface area contributed by atoms with Crippen LogP contribution in [-0.2, 0) is 14.3 Å². The molecule has 0 aromatic heterocycles. The Morgan fingerprint density at radius 1 is 1.27 bits per heavy atom. The molecule has 0 saturated heterocycles. The van der Waals surface area contributed by atoms with Crippen LogP contribution in [0.3, 0.4) is 0 Å². The molecule has 3 amide bonds. The zero-order valence-corrected chi connectivity index (χ0v) is 12.9. The zero-order chi connectivity index (χ0) is 16.7. The van der Waals surface area contributed by atoms with Crippen molar-refractivity contribution in [3.8, 4) is 0 Å². The van der Waals surface area contributed by atoms with Gasteiger partial charge >= 0.3 is 12.0 Å². The number of hydrogen-bond donors (Lipinski definition) is 2. The van der Waals surface area contributed by atoms with Crippen molar-refractivity contribution < 1.29 is 19.1 Å². The van der Waals surface area contributed by atoms with Crippen LogP contribution < -0.4 is 11.1 Å². The fraction of sp³-hybridized carbons (Fsp3) is 0.400. The summed E-state index contributed by atoms with van der Waals surface area (Å²) in [7, 11) is 1.78. The van der Waals surface area contributed by atoms with Crippen molar-refractivity contribution in [1.82, 2.24) is 10.2 Å². The summed E-state index contributed by atoms with van der Waals surface area (Å²) in [5.74, 6) is -1.32. The van der Waals surface area contributed by atoms with Gasteiger partial charge in [0.15, 0.2) is 6.10 Å². The van der Waals surface area contributed by atoms with Crippen molar-refractivity contribution in [1.29, 1.82) is 0 Å². The van der Waals surface area contributed by atoms with Gasteiger partial charge in [0.2, 0.25) is 0 Å². The minimum Gasteiger partial charge on any atom is -0.451 e. The van der Waals surface area contributed by atoms with Crippen LogP contribution in [0.5, 0.6) is 0 Å². The molecule has 0 spiro atoms. The lowest BCUT2D eigenvalue weighted by atomic mass is 10.1. The smallest absolute Gasteiger partial charge is 0.328 e. The van der Waals surface area contributed by atoms with E-state index in [1.165, 1.54) is 6.92 Å². The van der Waals surface area contributed by atoms with Gasteiger partial charge in [-0.1, -0.05) is 37.3 Å². The molecule has 0 bridgehead atoms. The lowest BCUT2D eigenvalue weighted by molar-refractivity contribution is -0.159. The molecule has 2 atom stereocenters. The topological polar surface area (TPSA) is 102 Å². The minimum absolute atomic E-state index is 0.567. The Bertz CT molecular complexity index is 533. The maximum Gasteiger partial charge on any atom is 0.328 e. The first-order chi connectivity index (χ1) is 10.4. The Labute approximate surface area is 129 Å². The number of amides is 3. The Morgan fingerprint density at radius 3 is 2.36 bits per heavy atom. The molecule has 7 heteroatoms. The van der Waals surface area contributed by atoms with Gasteiger partial charge < -0.3 is 10.5 Å². The number of nitrogens with one attached hydrogen (secondary N) is 1. The summed E-state index contributed by atoms with van der Waals surface area (Å²) in [4.78, 5) is 36.4. The number of hydrogen-bond acceptors (Lipinski definition) is 5. The third-order valence-corrected chi connectivity index (χ3v) is 3.19. The van der Waals surface area contributed by atoms with E-state index in [2.05, 4.69) is 0 Å². The minimum atomic E-state index is -1.11. The second kappa shape index (κ2) is 8.14. The molecule has 0 aliphatic carbocycles. The van der Waals surface area contributed by atoms with Crippen molar-refractivity contribution in [3.05, 3.63) is 35.9 Å². The van der Waals surface area contributed by atoms with Crippen LogP contribution in [0.2, 0.25) is 0 Å². The van der Waals surface area contributed by atoms with Crippen LogP contribution in [0.15, 0.2) is 30.3 Å². The number of nitrogens with zero attached hydrogens (tertiary/aromatic N) is 1. The van der Waals surface area contributed by atoms with E-state index in [1.54, 1.807) is 11.9 Å². The van der Waals surface area contributed by atoms with Crippen LogP contribution in [0.1, 0.15) is 25.5 Å². The number of nitrogens with two attached hydrogens (primary N) is 1. The number of carbonyl (C=O) groups is 3. The molecule has 1 aromatic rings. The first-order valence-electron chi connectivity index (χ1n) is 6.92. The molecule has 0 radical (unpaired) electrons. The summed E-state index contributed by atoms with van der Waals surface area (Å²) in [6, 6.07) is 7.50. The predicted molar refractivity (Wildman–Crippen MR) is 80.8 cm³/mol. The number of urea groups is 1. The number of rotatable bonds is 6. The van der Waals surface area contributed by atoms with Gasteiger partial charge in [0.25, 0.3) is 5.91 Å². The molecule has 0 aliphatic rings. The number of imide groups is 1. The molecule has 0 aliphatic heterocycles. The number of primary amides is 1. The van der Waals surface area contributed by atoms with E-state index < -0.39 is 30.1 Å². The second-order valence-corrected chi connectivity index (χ2v) is 4.82. The average molecular weight is 307 g/mol. The molecular weight excluding hydrogens is 286 g/mol. The fourth-order valence-electron chi connectivity index (χ4n) is 1.90. The summed E-state index contributed by atoms with van der Waals surface area (Å²) in [6.45, 7) is 3.91. The first kappa shape index (κ1) is 17.6. The van der Waals surface area contributed by atoms with Gasteiger partial charge in [-0.25, -0.2) is 9.59 Å². The molecule has 0 unspecified atom stereocenters. The average Bonchev–Trinajstić information content (AvgIpc) is 2.47. The molecule has 3 N–H and O–H groups in total. The van der Waals surface area contributed by atoms with Crippen molar-refractivity contribution >= 4 is 17.9 Å². The van der Waals surface area contributed by atoms with E-state index in [0.717, 1.165) is 5.56 Å². The highest BCUT2D eigenvalue weighted by Gasteiger charge is 2.29. The van der Waals surface area contributed by atoms with Gasteiger partial charge in [0.1, 0.15) is 6.04 Å². The maximum atomic E-state index is 12.4. The Morgan fingerprint density at radius 2 is 1.86 bits per heavy atom. The van der Waals surface area contributed by atoms with Gasteiger partial charge in [-0.05, 0) is 26.1 Å². The molecule has 1 rings (SSSR count). The Kier molecular flexibility index (Phi) is 6.52. The van der Waals surface area contributed by atoms with Crippen LogP contribution in [0.25, 0.3) is 0 Å². The highest BCUT2D eigenvalue weighted by molar-refractivity contribution is 5.96. The van der Waals surface area contributed by atoms with E-state index in [9.17, 15) is 14.4 Å². The first-order valence-corrected chi connectivity index (χ1v) is 6.92. The SMILES string of the molecule is CCN(C)[C@H](C(=O)O[C@H](C)C(=O)NC(N)=O)c1ccccc1. The van der Waals surface area contributed by atoms with Crippen LogP contribution in [0.4, 0.5) is 4.79 Å². The summed E-state index contributed by atoms with van der Waals surface area (Å²) >= 11 is 0. The number of carbonyl (C=O) groups excluding carboxylic acids is 3. The van der Waals surface area contributed by atoms with Crippen molar-refractivity contribution in [2.75, 3.05) is 13.6 Å². The van der Waals surface area contributed by atoms with E-state index in [4.69, 9.17) is 10.5 Å². The molecule has 0 saturated carbocycles. The second-order valence-electron chi connectivity index (χ2n) is 4.82. The summed E-state index contributed by atoms with van der Waals surface area (Å²) in [5, 5.41) is 1.88. The number of likely N-dealkylation sites (N-methyl/N-ethyl adjacent to an activating group) is 1. The van der Waals surface area contributed by atoms with Crippen molar-refractivity contribution in [2.45, 2.75) is 26.0 Å². The van der Waals surface area contributed by atoms with Gasteiger partial charge in [-0.3, -0.25) is 15.0 Å². The van der Waals surface area contributed by atoms with Crippen molar-refractivity contribution in [3.63, 3.8) is 0 Å². The number of esters is 1. The van der Waals surface area contributed by atoms with Gasteiger partial charge in [-0.2, -0.15) is 0 Å². The number of benzene rings is 1. The van der Waals surface area contributed by atoms with Gasteiger partial charge in [0.05, 0.1) is 0 Å². The van der Waals surface area contributed by atoms with Crippen LogP contribution in [-0.4, -0.2) is 42.5 Å². The van der Waals surface area contributed by atoms with E-state index >= 15 is 0 Å². The van der Waals surface area contributed by atoms with Crippen LogP contribution in [0, 0.1) is 0 Å². The molecule has 0 fully saturated rings. The lowest BCUT2D eigenvalue weighted by Gasteiger charge is -2.26. The fourth-order valence-corrected chi connectivity index (χ4v) is 1.90. The summed E-state index contributed by atoms with van der Waals surface area (Å²) in [6.07, 6.45) is -1.11. The molecule has 7 nitrogen and oxygen atoms in total. The molecule has 0 heterocycles. The highest BCUT2D eigenvalue weighted by atomic mass is 16.5. The third-order valence-electron chi connectivity index (χ3n) is 3.19. The maximum absolute atomic E-state index is 12.4. The Hall–Kier alpha value is -2.41. The normalized spacial score (nSPS) is 13.3. The highest BCUT2D eigenvalue weighted by Crippen LogP contribution is 2.21. The van der Waals surface area contributed by atoms with E-state index in [1.807, 2.05) is 42.6 Å². The van der Waals surface area contributed by atoms with E-state index in [-0.39, 0.29) is 0 Å². The van der Waals surface area contributed by atoms with Crippen molar-refractivity contribution in [2.24, 2.45) is 5.73 Å². The van der Waals surface area contributed by atoms with Gasteiger partial charge in [-0.15, -0.1) is 0 Å². The third kappa shape index (κ3) is 4.85. The summed E-state index contributed by atoms with van der Waals surface area (Å²) < 4.78 is 5.15. The number of ether oxygens (including phenoxy) is 1. The summed E-state index contributed by atoms with van der Waals surface area (Å²) in [5.41, 5.74) is 5.63. The molecule has 120 valence electrons. The predicted octanol–water partition coefficient (Wildman–Crippen LogP) is 0.806. The standard InChI is InChI=1S/C15H21N3O4/c1-4-18(3)12(11-8-6-5-7-9-11)14(20)22-10(2)13(19)17-15(16)21/h5-10,12H,4H2,1-3H3,(H3,16,17,19,21)/t10-,12+/m1/s1. The van der Waals surface area contributed by atoms with Gasteiger partial charge in [0, 0.05) is 0 Å². The Balaban J connectivity index is 2.85. The monoisotopic (exact) mass is 307 g/mol. The van der Waals surface area contributed by atoms with E-state index in [0.29, 0.717) is 6.54 Å².